The van der Waals surface area contributed by atoms with E-state index in [1.807, 2.05) is 6.92 Å². The molecule has 56 valence electrons. The average Bonchev–Trinajstić information content (AvgIpc) is 1.86. The summed E-state index contributed by atoms with van der Waals surface area (Å²) in [4.78, 5) is 0. The molecule has 0 saturated heterocycles. The van der Waals surface area contributed by atoms with Crippen LogP contribution in [0, 0.1) is 0 Å². The molecule has 2 heteroatoms. The van der Waals surface area contributed by atoms with Crippen LogP contribution in [0.25, 0.3) is 0 Å². The van der Waals surface area contributed by atoms with E-state index in [1.165, 1.54) is 0 Å². The molecule has 0 aliphatic rings. The molecule has 0 amide bonds. The molecule has 0 fully saturated rings. The van der Waals surface area contributed by atoms with Crippen LogP contribution in [-0.4, -0.2) is 10.8 Å². The van der Waals surface area contributed by atoms with Gasteiger partial charge in [-0.1, -0.05) is 13.8 Å². The molecule has 1 unspecified atom stereocenters. The van der Waals surface area contributed by atoms with Crippen molar-refractivity contribution in [3.05, 3.63) is 0 Å². The van der Waals surface area contributed by atoms with Crippen molar-refractivity contribution >= 4 is 12.6 Å². The maximum Gasteiger partial charge on any atom is 0.0272 e. The highest BCUT2D eigenvalue weighted by atomic mass is 32.1. The van der Waals surface area contributed by atoms with Gasteiger partial charge in [0.15, 0.2) is 0 Å². The molecule has 2 N–H and O–H groups in total. The molecule has 0 aromatic carbocycles. The number of hydrogen-bond acceptors (Lipinski definition) is 2. The van der Waals surface area contributed by atoms with E-state index in [4.69, 9.17) is 5.73 Å². The van der Waals surface area contributed by atoms with Gasteiger partial charge in [0.25, 0.3) is 0 Å². The minimum absolute atomic E-state index is 0.0556. The zero-order valence-corrected chi connectivity index (χ0v) is 7.41. The molecule has 0 bridgehead atoms. The zero-order chi connectivity index (χ0) is 7.49. The van der Waals surface area contributed by atoms with Gasteiger partial charge in [-0.2, -0.15) is 12.6 Å². The quantitative estimate of drug-likeness (QED) is 0.585. The summed E-state index contributed by atoms with van der Waals surface area (Å²) in [5, 5.41) is 0. The number of thiol groups is 1. The first-order valence-corrected chi connectivity index (χ1v) is 3.99. The highest BCUT2D eigenvalue weighted by Crippen LogP contribution is 2.25. The maximum atomic E-state index is 5.72. The van der Waals surface area contributed by atoms with E-state index in [0.29, 0.717) is 0 Å². The van der Waals surface area contributed by atoms with E-state index in [1.54, 1.807) is 0 Å². The smallest absolute Gasteiger partial charge is 0.0272 e. The van der Waals surface area contributed by atoms with Gasteiger partial charge >= 0.3 is 0 Å². The Morgan fingerprint density at radius 2 is 1.78 bits per heavy atom. The largest absolute Gasteiger partial charge is 0.327 e. The third-order valence-electron chi connectivity index (χ3n) is 2.07. The lowest BCUT2D eigenvalue weighted by Crippen LogP contribution is -2.40. The topological polar surface area (TPSA) is 26.0 Å². The predicted octanol–water partition coefficient (Wildman–Crippen LogP) is 1.82. The molecule has 0 aromatic rings. The maximum absolute atomic E-state index is 5.72. The molecule has 0 spiro atoms. The lowest BCUT2D eigenvalue weighted by molar-refractivity contribution is 0.470. The van der Waals surface area contributed by atoms with Crippen LogP contribution in [0.2, 0.25) is 0 Å². The lowest BCUT2D eigenvalue weighted by atomic mass is 9.95. The fourth-order valence-electron chi connectivity index (χ4n) is 0.894. The molecule has 0 aliphatic heterocycles. The third-order valence-corrected chi connectivity index (χ3v) is 3.11. The molecular weight excluding hydrogens is 130 g/mol. The second-order valence-electron chi connectivity index (χ2n) is 2.60. The van der Waals surface area contributed by atoms with Gasteiger partial charge in [-0.25, -0.2) is 0 Å². The Hall–Kier alpha value is 0.310. The Bertz CT molecular complexity index is 77.0. The first-order chi connectivity index (χ1) is 4.06. The summed E-state index contributed by atoms with van der Waals surface area (Å²) in [6, 6.07) is 0.191. The highest BCUT2D eigenvalue weighted by molar-refractivity contribution is 7.81. The van der Waals surface area contributed by atoms with Gasteiger partial charge in [0.05, 0.1) is 0 Å². The number of rotatable bonds is 3. The van der Waals surface area contributed by atoms with Gasteiger partial charge in [0, 0.05) is 10.8 Å². The van der Waals surface area contributed by atoms with Crippen molar-refractivity contribution in [3.8, 4) is 0 Å². The molecule has 9 heavy (non-hydrogen) atoms. The van der Waals surface area contributed by atoms with Crippen LogP contribution in [-0.2, 0) is 0 Å². The molecule has 1 atom stereocenters. The van der Waals surface area contributed by atoms with Gasteiger partial charge in [-0.15, -0.1) is 0 Å². The standard InChI is InChI=1S/C7H17NS/c1-4-7(9,5-2)6(3)8/h6,9H,4-5,8H2,1-3H3. The van der Waals surface area contributed by atoms with Crippen LogP contribution < -0.4 is 5.73 Å². The second kappa shape index (κ2) is 3.47. The van der Waals surface area contributed by atoms with Crippen LogP contribution in [0.3, 0.4) is 0 Å². The highest BCUT2D eigenvalue weighted by Gasteiger charge is 2.24. The van der Waals surface area contributed by atoms with Crippen molar-refractivity contribution in [2.24, 2.45) is 5.73 Å². The van der Waals surface area contributed by atoms with Gasteiger partial charge in [0.1, 0.15) is 0 Å². The van der Waals surface area contributed by atoms with E-state index >= 15 is 0 Å². The molecule has 0 heterocycles. The van der Waals surface area contributed by atoms with Crippen molar-refractivity contribution in [2.75, 3.05) is 0 Å². The molecule has 0 aromatic heterocycles. The molecule has 0 aliphatic carbocycles. The van der Waals surface area contributed by atoms with Crippen molar-refractivity contribution in [2.45, 2.75) is 44.4 Å². The summed E-state index contributed by atoms with van der Waals surface area (Å²) >= 11 is 4.49. The molecule has 0 radical (unpaired) electrons. The minimum atomic E-state index is 0.0556. The third kappa shape index (κ3) is 2.18. The van der Waals surface area contributed by atoms with Crippen LogP contribution in [0.5, 0.6) is 0 Å². The van der Waals surface area contributed by atoms with Crippen LogP contribution in [0.4, 0.5) is 0 Å². The first-order valence-electron chi connectivity index (χ1n) is 3.54. The summed E-state index contributed by atoms with van der Waals surface area (Å²) in [5.41, 5.74) is 5.72. The van der Waals surface area contributed by atoms with E-state index in [-0.39, 0.29) is 10.8 Å². The monoisotopic (exact) mass is 147 g/mol. The van der Waals surface area contributed by atoms with Gasteiger partial charge in [-0.05, 0) is 19.8 Å². The van der Waals surface area contributed by atoms with Crippen molar-refractivity contribution in [1.82, 2.24) is 0 Å². The van der Waals surface area contributed by atoms with E-state index in [0.717, 1.165) is 12.8 Å². The van der Waals surface area contributed by atoms with Gasteiger partial charge in [0.2, 0.25) is 0 Å². The van der Waals surface area contributed by atoms with E-state index < -0.39 is 0 Å². The fraction of sp³-hybridized carbons (Fsp3) is 1.00. The predicted molar refractivity (Wildman–Crippen MR) is 45.9 cm³/mol. The Balaban J connectivity index is 3.92. The minimum Gasteiger partial charge on any atom is -0.327 e. The summed E-state index contributed by atoms with van der Waals surface area (Å²) in [5.74, 6) is 0. The van der Waals surface area contributed by atoms with Crippen molar-refractivity contribution in [1.29, 1.82) is 0 Å². The number of hydrogen-bond donors (Lipinski definition) is 2. The van der Waals surface area contributed by atoms with Gasteiger partial charge in [-0.3, -0.25) is 0 Å². The van der Waals surface area contributed by atoms with Crippen LogP contribution in [0.15, 0.2) is 0 Å². The van der Waals surface area contributed by atoms with Crippen molar-refractivity contribution in [3.63, 3.8) is 0 Å². The number of nitrogens with two attached hydrogens (primary N) is 1. The summed E-state index contributed by atoms with van der Waals surface area (Å²) in [6.07, 6.45) is 2.09. The Kier molecular flexibility index (Phi) is 3.59. The average molecular weight is 147 g/mol. The van der Waals surface area contributed by atoms with Crippen molar-refractivity contribution < 1.29 is 0 Å². The summed E-state index contributed by atoms with van der Waals surface area (Å²) in [6.45, 7) is 6.26. The lowest BCUT2D eigenvalue weighted by Gasteiger charge is -2.29. The van der Waals surface area contributed by atoms with E-state index in [9.17, 15) is 0 Å². The second-order valence-corrected chi connectivity index (χ2v) is 3.49. The fourth-order valence-corrected chi connectivity index (χ4v) is 0.894. The first kappa shape index (κ1) is 9.31. The summed E-state index contributed by atoms with van der Waals surface area (Å²) < 4.78 is 0.0556. The summed E-state index contributed by atoms with van der Waals surface area (Å²) in [7, 11) is 0. The Morgan fingerprint density at radius 3 is 1.78 bits per heavy atom. The van der Waals surface area contributed by atoms with Crippen LogP contribution >= 0.6 is 12.6 Å². The molecular formula is C7H17NS. The molecule has 0 rings (SSSR count). The zero-order valence-electron chi connectivity index (χ0n) is 6.52. The van der Waals surface area contributed by atoms with Gasteiger partial charge < -0.3 is 5.73 Å². The normalized spacial score (nSPS) is 15.7. The van der Waals surface area contributed by atoms with E-state index in [2.05, 4.69) is 26.5 Å². The van der Waals surface area contributed by atoms with Crippen LogP contribution in [0.1, 0.15) is 33.6 Å². The Morgan fingerprint density at radius 1 is 1.44 bits per heavy atom. The Labute approximate surface area is 63.4 Å². The molecule has 0 saturated carbocycles. The molecule has 1 nitrogen and oxygen atoms in total. The SMILES string of the molecule is CCC(S)(CC)C(C)N.